The molecule has 0 bridgehead atoms. The first-order valence-electron chi connectivity index (χ1n) is 6.01. The largest absolute Gasteiger partial charge is 0.384 e. The van der Waals surface area contributed by atoms with E-state index in [0.29, 0.717) is 11.6 Å². The fourth-order valence-corrected chi connectivity index (χ4v) is 1.88. The van der Waals surface area contributed by atoms with Crippen LogP contribution in [0, 0.1) is 0 Å². The van der Waals surface area contributed by atoms with Crippen LogP contribution in [0.3, 0.4) is 0 Å². The number of anilines is 3. The maximum Gasteiger partial charge on any atom is 0.130 e. The van der Waals surface area contributed by atoms with Crippen LogP contribution in [0.4, 0.5) is 17.3 Å². The Bertz CT molecular complexity index is 510. The molecule has 4 nitrogen and oxygen atoms in total. The lowest BCUT2D eigenvalue weighted by atomic mass is 10.2. The molecule has 4 heteroatoms. The first-order chi connectivity index (χ1) is 8.70. The normalized spacial score (nSPS) is 10.3. The molecule has 1 aromatic carbocycles. The number of nitrogens with zero attached hydrogens (tertiary/aromatic N) is 2. The van der Waals surface area contributed by atoms with Crippen LogP contribution in [0.2, 0.25) is 0 Å². The Labute approximate surface area is 107 Å². The van der Waals surface area contributed by atoms with Gasteiger partial charge in [0.15, 0.2) is 0 Å². The van der Waals surface area contributed by atoms with Crippen molar-refractivity contribution in [1.29, 1.82) is 0 Å². The van der Waals surface area contributed by atoms with E-state index in [1.54, 1.807) is 6.07 Å². The van der Waals surface area contributed by atoms with Crippen molar-refractivity contribution < 1.29 is 0 Å². The zero-order valence-electron chi connectivity index (χ0n) is 10.5. The quantitative estimate of drug-likeness (QED) is 0.863. The monoisotopic (exact) mass is 242 g/mol. The highest BCUT2D eigenvalue weighted by atomic mass is 15.1. The predicted molar refractivity (Wildman–Crippen MR) is 76.2 cm³/mol. The van der Waals surface area contributed by atoms with Gasteiger partial charge in [0.2, 0.25) is 0 Å². The molecule has 0 aliphatic heterocycles. The molecule has 0 saturated heterocycles. The lowest BCUT2D eigenvalue weighted by Gasteiger charge is -2.23. The summed E-state index contributed by atoms with van der Waals surface area (Å²) in [4.78, 5) is 6.32. The molecule has 0 amide bonds. The van der Waals surface area contributed by atoms with Gasteiger partial charge >= 0.3 is 0 Å². The van der Waals surface area contributed by atoms with Gasteiger partial charge in [-0.3, -0.25) is 0 Å². The highest BCUT2D eigenvalue weighted by Gasteiger charge is 2.08. The van der Waals surface area contributed by atoms with E-state index in [2.05, 4.69) is 28.9 Å². The van der Waals surface area contributed by atoms with E-state index in [4.69, 9.17) is 11.5 Å². The Morgan fingerprint density at radius 3 is 2.39 bits per heavy atom. The van der Waals surface area contributed by atoms with Gasteiger partial charge in [0.05, 0.1) is 0 Å². The van der Waals surface area contributed by atoms with Crippen LogP contribution in [0.25, 0.3) is 0 Å². The second-order valence-electron chi connectivity index (χ2n) is 4.13. The van der Waals surface area contributed by atoms with E-state index >= 15 is 0 Å². The Hall–Kier alpha value is -2.23. The van der Waals surface area contributed by atoms with Crippen LogP contribution in [-0.4, -0.2) is 11.5 Å². The maximum atomic E-state index is 5.88. The number of nitrogen functional groups attached to an aromatic ring is 2. The van der Waals surface area contributed by atoms with Gasteiger partial charge in [0, 0.05) is 24.3 Å². The molecule has 0 aliphatic carbocycles. The summed E-state index contributed by atoms with van der Waals surface area (Å²) in [6.45, 7) is 3.77. The number of para-hydroxylation sites is 1. The Kier molecular flexibility index (Phi) is 3.67. The number of hydrogen-bond acceptors (Lipinski definition) is 4. The van der Waals surface area contributed by atoms with E-state index in [1.165, 1.54) is 5.69 Å². The topological polar surface area (TPSA) is 68.2 Å². The third-order valence-electron chi connectivity index (χ3n) is 2.90. The maximum absolute atomic E-state index is 5.88. The van der Waals surface area contributed by atoms with Crippen LogP contribution in [0.1, 0.15) is 12.5 Å². The van der Waals surface area contributed by atoms with Gasteiger partial charge in [-0.15, -0.1) is 0 Å². The van der Waals surface area contributed by atoms with Crippen molar-refractivity contribution in [3.05, 3.63) is 48.0 Å². The van der Waals surface area contributed by atoms with Crippen LogP contribution < -0.4 is 16.4 Å². The van der Waals surface area contributed by atoms with E-state index in [1.807, 2.05) is 24.3 Å². The standard InChI is InChI=1S/C14H18N4/c1-2-18(12-6-4-3-5-7-12)10-11-8-9-13(15)17-14(11)16/h3-9H,2,10H2,1H3,(H4,15,16,17). The van der Waals surface area contributed by atoms with Gasteiger partial charge in [-0.25, -0.2) is 4.98 Å². The summed E-state index contributed by atoms with van der Waals surface area (Å²) < 4.78 is 0. The van der Waals surface area contributed by atoms with Gasteiger partial charge in [0.1, 0.15) is 11.6 Å². The molecule has 2 aromatic rings. The number of pyridine rings is 1. The molecule has 1 heterocycles. The number of nitrogens with two attached hydrogens (primary N) is 2. The molecule has 0 fully saturated rings. The molecule has 2 rings (SSSR count). The number of rotatable bonds is 4. The molecule has 0 saturated carbocycles. The number of aromatic nitrogens is 1. The minimum Gasteiger partial charge on any atom is -0.384 e. The van der Waals surface area contributed by atoms with E-state index in [9.17, 15) is 0 Å². The van der Waals surface area contributed by atoms with E-state index in [-0.39, 0.29) is 0 Å². The molecule has 4 N–H and O–H groups in total. The van der Waals surface area contributed by atoms with Crippen molar-refractivity contribution in [2.24, 2.45) is 0 Å². The number of benzene rings is 1. The van der Waals surface area contributed by atoms with Crippen LogP contribution in [0.5, 0.6) is 0 Å². The van der Waals surface area contributed by atoms with E-state index in [0.717, 1.165) is 18.7 Å². The van der Waals surface area contributed by atoms with Crippen molar-refractivity contribution in [2.45, 2.75) is 13.5 Å². The van der Waals surface area contributed by atoms with Gasteiger partial charge in [0.25, 0.3) is 0 Å². The summed E-state index contributed by atoms with van der Waals surface area (Å²) in [5.74, 6) is 0.961. The summed E-state index contributed by atoms with van der Waals surface area (Å²) in [5, 5.41) is 0. The zero-order chi connectivity index (χ0) is 13.0. The molecular weight excluding hydrogens is 224 g/mol. The first-order valence-corrected chi connectivity index (χ1v) is 6.01. The fourth-order valence-electron chi connectivity index (χ4n) is 1.88. The van der Waals surface area contributed by atoms with Gasteiger partial charge in [-0.1, -0.05) is 18.2 Å². The second kappa shape index (κ2) is 5.40. The minimum atomic E-state index is 0.457. The van der Waals surface area contributed by atoms with Crippen molar-refractivity contribution in [3.8, 4) is 0 Å². The molecule has 94 valence electrons. The number of hydrogen-bond donors (Lipinski definition) is 2. The summed E-state index contributed by atoms with van der Waals surface area (Å²) in [5.41, 5.74) is 13.7. The average Bonchev–Trinajstić information content (AvgIpc) is 2.39. The molecule has 1 aromatic heterocycles. The van der Waals surface area contributed by atoms with Crippen LogP contribution in [0.15, 0.2) is 42.5 Å². The second-order valence-corrected chi connectivity index (χ2v) is 4.13. The predicted octanol–water partition coefficient (Wildman–Crippen LogP) is 2.27. The fraction of sp³-hybridized carbons (Fsp3) is 0.214. The van der Waals surface area contributed by atoms with Gasteiger partial charge < -0.3 is 16.4 Å². The van der Waals surface area contributed by atoms with Crippen LogP contribution >= 0.6 is 0 Å². The average molecular weight is 242 g/mol. The van der Waals surface area contributed by atoms with Gasteiger partial charge in [-0.05, 0) is 31.2 Å². The van der Waals surface area contributed by atoms with Crippen LogP contribution in [-0.2, 0) is 6.54 Å². The molecule has 0 atom stereocenters. The highest BCUT2D eigenvalue weighted by Crippen LogP contribution is 2.19. The Morgan fingerprint density at radius 2 is 1.78 bits per heavy atom. The molecule has 0 radical (unpaired) electrons. The summed E-state index contributed by atoms with van der Waals surface area (Å²) in [7, 11) is 0. The van der Waals surface area contributed by atoms with Crippen molar-refractivity contribution in [3.63, 3.8) is 0 Å². The van der Waals surface area contributed by atoms with Crippen molar-refractivity contribution in [2.75, 3.05) is 22.9 Å². The molecular formula is C14H18N4. The third-order valence-corrected chi connectivity index (χ3v) is 2.90. The highest BCUT2D eigenvalue weighted by molar-refractivity contribution is 5.51. The molecule has 0 unspecified atom stereocenters. The summed E-state index contributed by atoms with van der Waals surface area (Å²) >= 11 is 0. The third kappa shape index (κ3) is 2.71. The SMILES string of the molecule is CCN(Cc1ccc(N)nc1N)c1ccccc1. The molecule has 0 spiro atoms. The Morgan fingerprint density at radius 1 is 1.06 bits per heavy atom. The van der Waals surface area contributed by atoms with Gasteiger partial charge in [-0.2, -0.15) is 0 Å². The smallest absolute Gasteiger partial charge is 0.130 e. The minimum absolute atomic E-state index is 0.457. The summed E-state index contributed by atoms with van der Waals surface area (Å²) in [6.07, 6.45) is 0. The molecule has 0 aliphatic rings. The lowest BCUT2D eigenvalue weighted by molar-refractivity contribution is 0.831. The first kappa shape index (κ1) is 12.2. The van der Waals surface area contributed by atoms with Crippen molar-refractivity contribution >= 4 is 17.3 Å². The molecule has 18 heavy (non-hydrogen) atoms. The zero-order valence-corrected chi connectivity index (χ0v) is 10.5. The lowest BCUT2D eigenvalue weighted by Crippen LogP contribution is -2.22. The Balaban J connectivity index is 2.21. The van der Waals surface area contributed by atoms with E-state index < -0.39 is 0 Å². The van der Waals surface area contributed by atoms with Crippen molar-refractivity contribution in [1.82, 2.24) is 4.98 Å². The summed E-state index contributed by atoms with van der Waals surface area (Å²) in [6, 6.07) is 14.0.